The maximum absolute atomic E-state index is 5.49. The van der Waals surface area contributed by atoms with Gasteiger partial charge < -0.3 is 5.73 Å². The highest BCUT2D eigenvalue weighted by Gasteiger charge is 2.16. The average molecular weight is 174 g/mol. The highest BCUT2D eigenvalue weighted by Crippen LogP contribution is 2.18. The third-order valence-corrected chi connectivity index (χ3v) is 1.75. The Balaban J connectivity index is 2.26. The van der Waals surface area contributed by atoms with E-state index in [2.05, 4.69) is 17.0 Å². The fourth-order valence-electron chi connectivity index (χ4n) is 1.18. The predicted octanol–water partition coefficient (Wildman–Crippen LogP) is 0.797. The van der Waals surface area contributed by atoms with Crippen LogP contribution in [-0.4, -0.2) is 5.96 Å². The Labute approximate surface area is 76.3 Å². The van der Waals surface area contributed by atoms with Crippen molar-refractivity contribution in [3.63, 3.8) is 0 Å². The fourth-order valence-corrected chi connectivity index (χ4v) is 1.18. The molecule has 0 aliphatic carbocycles. The average Bonchev–Trinajstić information content (AvgIpc) is 2.47. The largest absolute Gasteiger partial charge is 0.368 e. The molecule has 0 unspecified atom stereocenters. The summed E-state index contributed by atoms with van der Waals surface area (Å²) in [5.41, 5.74) is 9.34. The quantitative estimate of drug-likeness (QED) is 0.662. The van der Waals surface area contributed by atoms with E-state index in [9.17, 15) is 0 Å². The zero-order valence-corrected chi connectivity index (χ0v) is 7.07. The third kappa shape index (κ3) is 1.33. The molecule has 13 heavy (non-hydrogen) atoms. The van der Waals surface area contributed by atoms with Gasteiger partial charge in [0.05, 0.1) is 5.69 Å². The Morgan fingerprint density at radius 2 is 2.00 bits per heavy atom. The molecule has 1 aliphatic rings. The second kappa shape index (κ2) is 2.82. The van der Waals surface area contributed by atoms with E-state index in [1.807, 2.05) is 30.3 Å². The number of aliphatic imine (C=N–C) groups is 1. The lowest BCUT2D eigenvalue weighted by atomic mass is 10.3. The lowest BCUT2D eigenvalue weighted by Gasteiger charge is -2.17. The van der Waals surface area contributed by atoms with Crippen molar-refractivity contribution in [3.8, 4) is 0 Å². The summed E-state index contributed by atoms with van der Waals surface area (Å²) < 4.78 is 0. The lowest BCUT2D eigenvalue weighted by molar-refractivity contribution is 0.918. The topological polar surface area (TPSA) is 53.6 Å². The van der Waals surface area contributed by atoms with Crippen LogP contribution in [0.3, 0.4) is 0 Å². The SMILES string of the molecule is C=C1N=C(N)NN1c1ccccc1. The Kier molecular flexibility index (Phi) is 1.66. The van der Waals surface area contributed by atoms with Crippen LogP contribution in [0.4, 0.5) is 5.69 Å². The Bertz CT molecular complexity index is 355. The molecule has 0 radical (unpaired) electrons. The molecule has 0 atom stereocenters. The van der Waals surface area contributed by atoms with Gasteiger partial charge in [0, 0.05) is 0 Å². The van der Waals surface area contributed by atoms with E-state index in [-0.39, 0.29) is 0 Å². The summed E-state index contributed by atoms with van der Waals surface area (Å²) in [4.78, 5) is 3.96. The number of nitrogens with one attached hydrogen (secondary N) is 1. The number of guanidine groups is 1. The van der Waals surface area contributed by atoms with Crippen molar-refractivity contribution in [2.24, 2.45) is 10.7 Å². The Morgan fingerprint density at radius 3 is 2.54 bits per heavy atom. The fraction of sp³-hybridized carbons (Fsp3) is 0. The van der Waals surface area contributed by atoms with Crippen LogP contribution in [0.2, 0.25) is 0 Å². The molecule has 0 aromatic heterocycles. The molecular formula is C9H10N4. The van der Waals surface area contributed by atoms with Gasteiger partial charge in [0.2, 0.25) is 5.96 Å². The summed E-state index contributed by atoms with van der Waals surface area (Å²) in [7, 11) is 0. The zero-order chi connectivity index (χ0) is 9.26. The van der Waals surface area contributed by atoms with Gasteiger partial charge in [-0.05, 0) is 12.1 Å². The minimum atomic E-state index is 0.369. The van der Waals surface area contributed by atoms with E-state index in [1.165, 1.54) is 0 Å². The van der Waals surface area contributed by atoms with Gasteiger partial charge in [0.15, 0.2) is 0 Å². The molecule has 66 valence electrons. The van der Waals surface area contributed by atoms with Gasteiger partial charge in [0.25, 0.3) is 0 Å². The molecule has 1 aliphatic heterocycles. The first-order valence-electron chi connectivity index (χ1n) is 3.92. The lowest BCUT2D eigenvalue weighted by Crippen LogP contribution is -2.38. The van der Waals surface area contributed by atoms with Gasteiger partial charge in [-0.2, -0.15) is 4.99 Å². The normalized spacial score (nSPS) is 15.5. The molecule has 0 saturated heterocycles. The summed E-state index contributed by atoms with van der Waals surface area (Å²) in [5, 5.41) is 1.73. The predicted molar refractivity (Wildman–Crippen MR) is 52.8 cm³/mol. The van der Waals surface area contributed by atoms with Crippen LogP contribution in [0.25, 0.3) is 0 Å². The van der Waals surface area contributed by atoms with Crippen molar-refractivity contribution < 1.29 is 0 Å². The molecule has 4 heteroatoms. The van der Waals surface area contributed by atoms with Gasteiger partial charge in [-0.25, -0.2) is 5.01 Å². The second-order valence-corrected chi connectivity index (χ2v) is 2.70. The first-order valence-corrected chi connectivity index (χ1v) is 3.92. The van der Waals surface area contributed by atoms with Crippen molar-refractivity contribution in [2.45, 2.75) is 0 Å². The molecule has 3 N–H and O–H groups in total. The number of nitrogens with two attached hydrogens (primary N) is 1. The van der Waals surface area contributed by atoms with E-state index < -0.39 is 0 Å². The molecular weight excluding hydrogens is 164 g/mol. The van der Waals surface area contributed by atoms with E-state index in [1.54, 1.807) is 5.01 Å². The van der Waals surface area contributed by atoms with Crippen LogP contribution in [0.5, 0.6) is 0 Å². The number of benzene rings is 1. The van der Waals surface area contributed by atoms with E-state index >= 15 is 0 Å². The number of rotatable bonds is 1. The monoisotopic (exact) mass is 174 g/mol. The standard InChI is InChI=1S/C9H10N4/c1-7-11-9(10)12-13(7)8-5-3-2-4-6-8/h2-6H,1H2,(H3,10,11,12). The van der Waals surface area contributed by atoms with Gasteiger partial charge in [0.1, 0.15) is 5.82 Å². The van der Waals surface area contributed by atoms with Crippen LogP contribution in [0.1, 0.15) is 0 Å². The second-order valence-electron chi connectivity index (χ2n) is 2.70. The molecule has 0 spiro atoms. The maximum Gasteiger partial charge on any atom is 0.214 e. The van der Waals surface area contributed by atoms with Crippen LogP contribution in [0.15, 0.2) is 47.7 Å². The molecule has 0 saturated carbocycles. The summed E-state index contributed by atoms with van der Waals surface area (Å²) in [6.45, 7) is 3.76. The number of hydrogen-bond donors (Lipinski definition) is 2. The summed E-state index contributed by atoms with van der Waals surface area (Å²) in [6, 6.07) is 9.74. The molecule has 0 bridgehead atoms. The molecule has 1 aromatic rings. The Morgan fingerprint density at radius 1 is 1.31 bits per heavy atom. The van der Waals surface area contributed by atoms with Crippen molar-refractivity contribution >= 4 is 11.6 Å². The van der Waals surface area contributed by atoms with Crippen molar-refractivity contribution in [1.82, 2.24) is 5.43 Å². The summed E-state index contributed by atoms with van der Waals surface area (Å²) >= 11 is 0. The molecule has 0 amide bonds. The molecule has 1 heterocycles. The van der Waals surface area contributed by atoms with Gasteiger partial charge >= 0.3 is 0 Å². The van der Waals surface area contributed by atoms with Crippen LogP contribution in [-0.2, 0) is 0 Å². The Hall–Kier alpha value is -1.97. The first-order chi connectivity index (χ1) is 6.27. The van der Waals surface area contributed by atoms with Crippen LogP contribution < -0.4 is 16.2 Å². The number of hydrogen-bond acceptors (Lipinski definition) is 4. The van der Waals surface area contributed by atoms with Gasteiger partial charge in [-0.1, -0.05) is 24.8 Å². The highest BCUT2D eigenvalue weighted by atomic mass is 15.6. The van der Waals surface area contributed by atoms with Crippen LogP contribution in [0, 0.1) is 0 Å². The molecule has 1 aromatic carbocycles. The number of hydrazine groups is 1. The zero-order valence-electron chi connectivity index (χ0n) is 7.07. The highest BCUT2D eigenvalue weighted by molar-refractivity contribution is 5.84. The summed E-state index contributed by atoms with van der Waals surface area (Å²) in [5.74, 6) is 0.970. The number of anilines is 1. The smallest absolute Gasteiger partial charge is 0.214 e. The van der Waals surface area contributed by atoms with E-state index in [4.69, 9.17) is 5.73 Å². The van der Waals surface area contributed by atoms with Gasteiger partial charge in [-0.15, -0.1) is 0 Å². The molecule has 4 nitrogen and oxygen atoms in total. The van der Waals surface area contributed by atoms with Crippen molar-refractivity contribution in [1.29, 1.82) is 0 Å². The summed E-state index contributed by atoms with van der Waals surface area (Å²) in [6.07, 6.45) is 0. The van der Waals surface area contributed by atoms with E-state index in [0.29, 0.717) is 11.8 Å². The van der Waals surface area contributed by atoms with Crippen molar-refractivity contribution in [3.05, 3.63) is 42.7 Å². The van der Waals surface area contributed by atoms with Crippen LogP contribution >= 0.6 is 0 Å². The third-order valence-electron chi connectivity index (χ3n) is 1.75. The van der Waals surface area contributed by atoms with E-state index in [0.717, 1.165) is 5.69 Å². The molecule has 0 fully saturated rings. The number of nitrogens with zero attached hydrogens (tertiary/aromatic N) is 2. The number of para-hydroxylation sites is 1. The van der Waals surface area contributed by atoms with Gasteiger partial charge in [-0.3, -0.25) is 5.43 Å². The first kappa shape index (κ1) is 7.67. The maximum atomic E-state index is 5.49. The minimum absolute atomic E-state index is 0.369. The van der Waals surface area contributed by atoms with Crippen molar-refractivity contribution in [2.75, 3.05) is 5.01 Å². The molecule has 2 rings (SSSR count). The minimum Gasteiger partial charge on any atom is -0.368 e.